The molecule has 1 aromatic heterocycles. The van der Waals surface area contributed by atoms with Gasteiger partial charge in [-0.05, 0) is 23.3 Å². The highest BCUT2D eigenvalue weighted by Crippen LogP contribution is 2.18. The topological polar surface area (TPSA) is 33.1 Å². The van der Waals surface area contributed by atoms with Crippen molar-refractivity contribution in [1.82, 2.24) is 4.98 Å². The molecular weight excluding hydrogens is 174 g/mol. The van der Waals surface area contributed by atoms with Gasteiger partial charge in [-0.2, -0.15) is 0 Å². The number of benzene rings is 1. The highest BCUT2D eigenvalue weighted by Gasteiger charge is 1.97. The molecule has 0 saturated heterocycles. The molecule has 0 aliphatic carbocycles. The van der Waals surface area contributed by atoms with Crippen molar-refractivity contribution < 1.29 is 5.11 Å². The van der Waals surface area contributed by atoms with E-state index in [1.54, 1.807) is 6.20 Å². The van der Waals surface area contributed by atoms with Gasteiger partial charge in [0.05, 0.1) is 12.3 Å². The number of aliphatic hydroxyl groups is 1. The third kappa shape index (κ3) is 1.80. The first-order chi connectivity index (χ1) is 6.90. The van der Waals surface area contributed by atoms with E-state index in [1.165, 1.54) is 0 Å². The monoisotopic (exact) mass is 185 g/mol. The SMILES string of the molecule is OCc1cc(-c2ccccc2)ccn1. The van der Waals surface area contributed by atoms with E-state index in [1.807, 2.05) is 42.5 Å². The van der Waals surface area contributed by atoms with Gasteiger partial charge in [-0.3, -0.25) is 4.98 Å². The zero-order valence-electron chi connectivity index (χ0n) is 7.72. The summed E-state index contributed by atoms with van der Waals surface area (Å²) >= 11 is 0. The molecular formula is C12H11NO. The highest BCUT2D eigenvalue weighted by molar-refractivity contribution is 5.63. The molecule has 0 amide bonds. The van der Waals surface area contributed by atoms with E-state index < -0.39 is 0 Å². The molecule has 70 valence electrons. The van der Waals surface area contributed by atoms with Crippen LogP contribution in [0.25, 0.3) is 11.1 Å². The lowest BCUT2D eigenvalue weighted by Crippen LogP contribution is -1.88. The molecule has 1 heterocycles. The van der Waals surface area contributed by atoms with Gasteiger partial charge in [0.1, 0.15) is 0 Å². The second kappa shape index (κ2) is 4.03. The van der Waals surface area contributed by atoms with Gasteiger partial charge in [-0.25, -0.2) is 0 Å². The summed E-state index contributed by atoms with van der Waals surface area (Å²) in [4.78, 5) is 4.03. The highest BCUT2D eigenvalue weighted by atomic mass is 16.3. The summed E-state index contributed by atoms with van der Waals surface area (Å²) in [5, 5.41) is 8.95. The summed E-state index contributed by atoms with van der Waals surface area (Å²) in [6.07, 6.45) is 1.72. The van der Waals surface area contributed by atoms with Gasteiger partial charge >= 0.3 is 0 Å². The van der Waals surface area contributed by atoms with Crippen molar-refractivity contribution in [2.75, 3.05) is 0 Å². The van der Waals surface area contributed by atoms with Crippen LogP contribution >= 0.6 is 0 Å². The van der Waals surface area contributed by atoms with Gasteiger partial charge in [0.15, 0.2) is 0 Å². The van der Waals surface area contributed by atoms with Crippen LogP contribution < -0.4 is 0 Å². The zero-order chi connectivity index (χ0) is 9.80. The molecule has 1 N–H and O–H groups in total. The molecule has 0 atom stereocenters. The van der Waals surface area contributed by atoms with Crippen LogP contribution in [0.3, 0.4) is 0 Å². The Morgan fingerprint density at radius 1 is 1.00 bits per heavy atom. The molecule has 0 bridgehead atoms. The van der Waals surface area contributed by atoms with Crippen LogP contribution in [0.5, 0.6) is 0 Å². The van der Waals surface area contributed by atoms with Gasteiger partial charge in [-0.15, -0.1) is 0 Å². The Balaban J connectivity index is 2.42. The average Bonchev–Trinajstić information content (AvgIpc) is 2.30. The molecule has 0 radical (unpaired) electrons. The summed E-state index contributed by atoms with van der Waals surface area (Å²) in [6.45, 7) is -0.0132. The Bertz CT molecular complexity index is 412. The number of aliphatic hydroxyl groups excluding tert-OH is 1. The van der Waals surface area contributed by atoms with Crippen molar-refractivity contribution in [3.8, 4) is 11.1 Å². The Morgan fingerprint density at radius 2 is 1.79 bits per heavy atom. The molecule has 2 nitrogen and oxygen atoms in total. The number of hydrogen-bond donors (Lipinski definition) is 1. The molecule has 0 spiro atoms. The van der Waals surface area contributed by atoms with Crippen LogP contribution in [-0.2, 0) is 6.61 Å². The molecule has 0 fully saturated rings. The fraction of sp³-hybridized carbons (Fsp3) is 0.0833. The van der Waals surface area contributed by atoms with E-state index in [0.717, 1.165) is 11.1 Å². The predicted octanol–water partition coefficient (Wildman–Crippen LogP) is 2.24. The maximum Gasteiger partial charge on any atom is 0.0853 e. The van der Waals surface area contributed by atoms with Crippen molar-refractivity contribution in [3.05, 3.63) is 54.4 Å². The van der Waals surface area contributed by atoms with Crippen LogP contribution in [-0.4, -0.2) is 10.1 Å². The van der Waals surface area contributed by atoms with E-state index in [-0.39, 0.29) is 6.61 Å². The van der Waals surface area contributed by atoms with E-state index in [2.05, 4.69) is 4.98 Å². The summed E-state index contributed by atoms with van der Waals surface area (Å²) in [6, 6.07) is 13.9. The van der Waals surface area contributed by atoms with Crippen LogP contribution in [0.2, 0.25) is 0 Å². The maximum absolute atomic E-state index is 8.95. The number of pyridine rings is 1. The third-order valence-corrected chi connectivity index (χ3v) is 2.09. The van der Waals surface area contributed by atoms with Crippen LogP contribution in [0.15, 0.2) is 48.7 Å². The molecule has 1 aromatic carbocycles. The lowest BCUT2D eigenvalue weighted by atomic mass is 10.1. The first kappa shape index (κ1) is 8.91. The van der Waals surface area contributed by atoms with Crippen LogP contribution in [0, 0.1) is 0 Å². The Labute approximate surface area is 82.9 Å². The summed E-state index contributed by atoms with van der Waals surface area (Å²) < 4.78 is 0. The first-order valence-electron chi connectivity index (χ1n) is 4.51. The summed E-state index contributed by atoms with van der Waals surface area (Å²) in [5.74, 6) is 0. The first-order valence-corrected chi connectivity index (χ1v) is 4.51. The third-order valence-electron chi connectivity index (χ3n) is 2.09. The molecule has 0 unspecified atom stereocenters. The molecule has 14 heavy (non-hydrogen) atoms. The molecule has 2 rings (SSSR count). The molecule has 0 saturated carbocycles. The normalized spacial score (nSPS) is 10.1. The van der Waals surface area contributed by atoms with Gasteiger partial charge in [0, 0.05) is 6.20 Å². The van der Waals surface area contributed by atoms with E-state index >= 15 is 0 Å². The van der Waals surface area contributed by atoms with Crippen molar-refractivity contribution >= 4 is 0 Å². The minimum Gasteiger partial charge on any atom is -0.390 e. The number of hydrogen-bond acceptors (Lipinski definition) is 2. The van der Waals surface area contributed by atoms with E-state index in [4.69, 9.17) is 5.11 Å². The quantitative estimate of drug-likeness (QED) is 0.778. The van der Waals surface area contributed by atoms with E-state index in [0.29, 0.717) is 5.69 Å². The largest absolute Gasteiger partial charge is 0.390 e. The molecule has 2 heteroatoms. The van der Waals surface area contributed by atoms with E-state index in [9.17, 15) is 0 Å². The molecule has 0 aliphatic rings. The van der Waals surface area contributed by atoms with Crippen molar-refractivity contribution in [3.63, 3.8) is 0 Å². The number of aromatic nitrogens is 1. The smallest absolute Gasteiger partial charge is 0.0853 e. The lowest BCUT2D eigenvalue weighted by molar-refractivity contribution is 0.277. The van der Waals surface area contributed by atoms with Crippen LogP contribution in [0.1, 0.15) is 5.69 Å². The Morgan fingerprint density at radius 3 is 2.50 bits per heavy atom. The second-order valence-corrected chi connectivity index (χ2v) is 3.06. The van der Waals surface area contributed by atoms with Gasteiger partial charge in [0.2, 0.25) is 0 Å². The predicted molar refractivity (Wildman–Crippen MR) is 55.6 cm³/mol. The zero-order valence-corrected chi connectivity index (χ0v) is 7.72. The fourth-order valence-corrected chi connectivity index (χ4v) is 1.37. The molecule has 2 aromatic rings. The maximum atomic E-state index is 8.95. The van der Waals surface area contributed by atoms with Crippen molar-refractivity contribution in [2.24, 2.45) is 0 Å². The van der Waals surface area contributed by atoms with Gasteiger partial charge < -0.3 is 5.11 Å². The molecule has 0 aliphatic heterocycles. The summed E-state index contributed by atoms with van der Waals surface area (Å²) in [7, 11) is 0. The Hall–Kier alpha value is -1.67. The van der Waals surface area contributed by atoms with Gasteiger partial charge in [-0.1, -0.05) is 30.3 Å². The summed E-state index contributed by atoms with van der Waals surface area (Å²) in [5.41, 5.74) is 2.93. The Kier molecular flexibility index (Phi) is 2.56. The fourth-order valence-electron chi connectivity index (χ4n) is 1.37. The van der Waals surface area contributed by atoms with Gasteiger partial charge in [0.25, 0.3) is 0 Å². The van der Waals surface area contributed by atoms with Crippen molar-refractivity contribution in [1.29, 1.82) is 0 Å². The standard InChI is InChI=1S/C12H11NO/c14-9-12-8-11(6-7-13-12)10-4-2-1-3-5-10/h1-8,14H,9H2. The van der Waals surface area contributed by atoms with Crippen LogP contribution in [0.4, 0.5) is 0 Å². The number of nitrogens with zero attached hydrogens (tertiary/aromatic N) is 1. The van der Waals surface area contributed by atoms with Crippen molar-refractivity contribution in [2.45, 2.75) is 6.61 Å². The minimum absolute atomic E-state index is 0.0132. The second-order valence-electron chi connectivity index (χ2n) is 3.06. The minimum atomic E-state index is -0.0132. The number of rotatable bonds is 2. The average molecular weight is 185 g/mol. The lowest BCUT2D eigenvalue weighted by Gasteiger charge is -2.02.